The monoisotopic (exact) mass is 456 g/mol. The highest BCUT2D eigenvalue weighted by Crippen LogP contribution is 2.18. The second-order valence-electron chi connectivity index (χ2n) is 9.74. The van der Waals surface area contributed by atoms with E-state index >= 15 is 0 Å². The number of carbonyl (C=O) groups is 3. The van der Waals surface area contributed by atoms with Crippen LogP contribution in [0, 0.1) is 0 Å². The zero-order valence-electron chi connectivity index (χ0n) is 21.5. The summed E-state index contributed by atoms with van der Waals surface area (Å²) >= 11 is 0. The Hall–Kier alpha value is -1.59. The number of rotatable bonds is 18. The van der Waals surface area contributed by atoms with Gasteiger partial charge in [-0.25, -0.2) is 0 Å². The average molecular weight is 457 g/mol. The molecule has 0 saturated heterocycles. The molecule has 0 fully saturated rings. The summed E-state index contributed by atoms with van der Waals surface area (Å²) in [5, 5.41) is 0. The smallest absolute Gasteiger partial charge is 0.310 e. The predicted octanol–water partition coefficient (Wildman–Crippen LogP) is 6.67. The Morgan fingerprint density at radius 3 is 1.62 bits per heavy atom. The van der Waals surface area contributed by atoms with E-state index in [0.717, 1.165) is 38.5 Å². The normalized spacial score (nSPS) is 13.3. The molecule has 0 rings (SSSR count). The Morgan fingerprint density at radius 1 is 0.656 bits per heavy atom. The van der Waals surface area contributed by atoms with E-state index in [1.165, 1.54) is 32.6 Å². The molecule has 32 heavy (non-hydrogen) atoms. The van der Waals surface area contributed by atoms with Crippen LogP contribution in [-0.4, -0.2) is 35.7 Å². The van der Waals surface area contributed by atoms with Gasteiger partial charge in [-0.1, -0.05) is 65.2 Å². The van der Waals surface area contributed by atoms with E-state index in [4.69, 9.17) is 14.2 Å². The van der Waals surface area contributed by atoms with Crippen LogP contribution >= 0.6 is 0 Å². The number of hydrogen-bond donors (Lipinski definition) is 0. The molecular weight excluding hydrogens is 408 g/mol. The number of carbonyl (C=O) groups excluding carboxylic acids is 3. The summed E-state index contributed by atoms with van der Waals surface area (Å²) in [5.74, 6) is -1.19. The highest BCUT2D eigenvalue weighted by Gasteiger charge is 2.25. The van der Waals surface area contributed by atoms with E-state index < -0.39 is 29.7 Å². The zero-order chi connectivity index (χ0) is 24.4. The lowest BCUT2D eigenvalue weighted by Gasteiger charge is -2.23. The minimum Gasteiger partial charge on any atom is -0.462 e. The molecular formula is C26H48O6. The Labute approximate surface area is 196 Å². The maximum Gasteiger partial charge on any atom is 0.310 e. The van der Waals surface area contributed by atoms with Crippen LogP contribution in [0.15, 0.2) is 0 Å². The van der Waals surface area contributed by atoms with Crippen molar-refractivity contribution in [3.8, 4) is 0 Å². The fraction of sp³-hybridized carbons (Fsp3) is 0.885. The molecule has 0 unspecified atom stereocenters. The van der Waals surface area contributed by atoms with Crippen molar-refractivity contribution in [1.29, 1.82) is 0 Å². The van der Waals surface area contributed by atoms with Crippen LogP contribution < -0.4 is 0 Å². The average Bonchev–Trinajstić information content (AvgIpc) is 2.65. The number of esters is 3. The van der Waals surface area contributed by atoms with Crippen molar-refractivity contribution < 1.29 is 28.6 Å². The Morgan fingerprint density at radius 2 is 1.09 bits per heavy atom. The van der Waals surface area contributed by atoms with Crippen LogP contribution in [-0.2, 0) is 28.6 Å². The van der Waals surface area contributed by atoms with Gasteiger partial charge in [-0.15, -0.1) is 0 Å². The second-order valence-corrected chi connectivity index (χ2v) is 9.74. The molecule has 2 atom stereocenters. The van der Waals surface area contributed by atoms with Crippen molar-refractivity contribution in [2.45, 2.75) is 149 Å². The van der Waals surface area contributed by atoms with Crippen LogP contribution in [0.2, 0.25) is 0 Å². The Balaban J connectivity index is 4.77. The lowest BCUT2D eigenvalue weighted by atomic mass is 10.0. The molecule has 0 aromatic rings. The molecule has 6 heteroatoms. The predicted molar refractivity (Wildman–Crippen MR) is 127 cm³/mol. The van der Waals surface area contributed by atoms with Gasteiger partial charge in [-0.3, -0.25) is 14.4 Å². The third kappa shape index (κ3) is 19.1. The summed E-state index contributed by atoms with van der Waals surface area (Å²) in [6.45, 7) is 11.1. The molecule has 0 amide bonds. The molecule has 188 valence electrons. The quantitative estimate of drug-likeness (QED) is 0.130. The van der Waals surface area contributed by atoms with Crippen LogP contribution in [0.3, 0.4) is 0 Å². The highest BCUT2D eigenvalue weighted by atomic mass is 16.6. The van der Waals surface area contributed by atoms with E-state index in [-0.39, 0.29) is 18.8 Å². The third-order valence-corrected chi connectivity index (χ3v) is 5.10. The Kier molecular flexibility index (Phi) is 17.0. The summed E-state index contributed by atoms with van der Waals surface area (Å²) in [6.07, 6.45) is 11.4. The Bertz CT molecular complexity index is 523. The third-order valence-electron chi connectivity index (χ3n) is 5.10. The van der Waals surface area contributed by atoms with Crippen molar-refractivity contribution >= 4 is 17.9 Å². The molecule has 0 radical (unpaired) electrons. The zero-order valence-corrected chi connectivity index (χ0v) is 21.5. The van der Waals surface area contributed by atoms with Gasteiger partial charge < -0.3 is 14.2 Å². The van der Waals surface area contributed by atoms with Gasteiger partial charge in [0.05, 0.1) is 12.8 Å². The van der Waals surface area contributed by atoms with Crippen LogP contribution in [0.5, 0.6) is 0 Å². The molecule has 6 nitrogen and oxygen atoms in total. The molecule has 0 N–H and O–H groups in total. The summed E-state index contributed by atoms with van der Waals surface area (Å²) in [5.41, 5.74) is -0.579. The molecule has 0 saturated carbocycles. The lowest BCUT2D eigenvalue weighted by molar-refractivity contribution is -0.163. The van der Waals surface area contributed by atoms with Gasteiger partial charge in [0.15, 0.2) is 0 Å². The van der Waals surface area contributed by atoms with Gasteiger partial charge in [-0.2, -0.15) is 0 Å². The number of unbranched alkanes of at least 4 members (excludes halogenated alkanes) is 8. The number of hydrogen-bond acceptors (Lipinski definition) is 6. The summed E-state index contributed by atoms with van der Waals surface area (Å²) in [4.78, 5) is 36.3. The molecule has 0 aliphatic heterocycles. The first-order valence-corrected chi connectivity index (χ1v) is 12.7. The molecule has 0 bridgehead atoms. The van der Waals surface area contributed by atoms with E-state index in [9.17, 15) is 14.4 Å². The summed E-state index contributed by atoms with van der Waals surface area (Å²) in [6, 6.07) is 0. The van der Waals surface area contributed by atoms with Gasteiger partial charge >= 0.3 is 17.9 Å². The minimum absolute atomic E-state index is 0.0190. The molecule has 0 heterocycles. The lowest BCUT2D eigenvalue weighted by Crippen LogP contribution is -2.30. The molecule has 0 aromatic carbocycles. The maximum absolute atomic E-state index is 12.6. The SMILES string of the molecule is CCCCCCCCC[C@H](CC(=O)OC(C)(C)C)OC(=O)C[C@@H](CCCCC)OC(C)=O. The van der Waals surface area contributed by atoms with Crippen LogP contribution in [0.1, 0.15) is 131 Å². The van der Waals surface area contributed by atoms with Gasteiger partial charge in [0, 0.05) is 6.92 Å². The first-order valence-electron chi connectivity index (χ1n) is 12.7. The van der Waals surface area contributed by atoms with Crippen molar-refractivity contribution in [3.63, 3.8) is 0 Å². The van der Waals surface area contributed by atoms with E-state index in [0.29, 0.717) is 12.8 Å². The van der Waals surface area contributed by atoms with Crippen LogP contribution in [0.4, 0.5) is 0 Å². The first-order chi connectivity index (χ1) is 15.1. The van der Waals surface area contributed by atoms with Crippen molar-refractivity contribution in [2.24, 2.45) is 0 Å². The number of ether oxygens (including phenoxy) is 3. The minimum atomic E-state index is -0.579. The topological polar surface area (TPSA) is 78.9 Å². The maximum atomic E-state index is 12.6. The van der Waals surface area contributed by atoms with Gasteiger partial charge in [-0.05, 0) is 46.5 Å². The summed E-state index contributed by atoms with van der Waals surface area (Å²) < 4.78 is 16.4. The van der Waals surface area contributed by atoms with Gasteiger partial charge in [0.2, 0.25) is 0 Å². The highest BCUT2D eigenvalue weighted by molar-refractivity contribution is 5.73. The van der Waals surface area contributed by atoms with Crippen molar-refractivity contribution in [3.05, 3.63) is 0 Å². The van der Waals surface area contributed by atoms with Gasteiger partial charge in [0.1, 0.15) is 17.8 Å². The molecule has 0 spiro atoms. The van der Waals surface area contributed by atoms with Crippen LogP contribution in [0.25, 0.3) is 0 Å². The van der Waals surface area contributed by atoms with E-state index in [1.54, 1.807) is 0 Å². The fourth-order valence-corrected chi connectivity index (χ4v) is 3.58. The van der Waals surface area contributed by atoms with Crippen molar-refractivity contribution in [2.75, 3.05) is 0 Å². The van der Waals surface area contributed by atoms with E-state index in [2.05, 4.69) is 13.8 Å². The molecule has 0 aliphatic rings. The van der Waals surface area contributed by atoms with Gasteiger partial charge in [0.25, 0.3) is 0 Å². The fourth-order valence-electron chi connectivity index (χ4n) is 3.58. The molecule has 0 aromatic heterocycles. The summed E-state index contributed by atoms with van der Waals surface area (Å²) in [7, 11) is 0. The molecule has 0 aliphatic carbocycles. The van der Waals surface area contributed by atoms with Crippen molar-refractivity contribution in [1.82, 2.24) is 0 Å². The second kappa shape index (κ2) is 17.9. The standard InChI is InChI=1S/C26H48O6/c1-7-9-11-12-13-14-16-18-23(20-25(29)32-26(4,5)6)31-24(28)19-22(30-21(3)27)17-15-10-8-2/h22-23H,7-20H2,1-6H3/t22-,23-/m1/s1. The largest absolute Gasteiger partial charge is 0.462 e. The van der Waals surface area contributed by atoms with E-state index in [1.807, 2.05) is 20.8 Å². The first kappa shape index (κ1) is 30.4.